The van der Waals surface area contributed by atoms with Crippen LogP contribution in [0.1, 0.15) is 46.0 Å². The van der Waals surface area contributed by atoms with E-state index < -0.39 is 0 Å². The lowest BCUT2D eigenvalue weighted by Crippen LogP contribution is -2.32. The molecule has 2 aliphatic carbocycles. The van der Waals surface area contributed by atoms with E-state index in [-0.39, 0.29) is 17.5 Å². The number of carbonyl (C=O) groups is 1. The van der Waals surface area contributed by atoms with Crippen molar-refractivity contribution in [3.63, 3.8) is 0 Å². The fraction of sp³-hybridized carbons (Fsp3) is 0.938. The first-order valence-electron chi connectivity index (χ1n) is 8.07. The maximum atomic E-state index is 12.2. The maximum absolute atomic E-state index is 12.2. The minimum absolute atomic E-state index is 0.00814. The molecule has 2 saturated heterocycles. The first-order chi connectivity index (χ1) is 9.57. The summed E-state index contributed by atoms with van der Waals surface area (Å²) in [6, 6.07) is 0. The quantitative estimate of drug-likeness (QED) is 0.588. The van der Waals surface area contributed by atoms with Crippen molar-refractivity contribution in [2.75, 3.05) is 6.61 Å². The molecular weight excluding hydrogens is 256 g/mol. The predicted octanol–water partition coefficient (Wildman–Crippen LogP) is 2.30. The molecule has 7 atom stereocenters. The molecule has 2 heterocycles. The van der Waals surface area contributed by atoms with E-state index in [1.807, 2.05) is 0 Å². The molecule has 0 N–H and O–H groups in total. The van der Waals surface area contributed by atoms with Crippen molar-refractivity contribution >= 4 is 5.97 Å². The summed E-state index contributed by atoms with van der Waals surface area (Å²) >= 11 is 0. The molecule has 0 aromatic heterocycles. The van der Waals surface area contributed by atoms with Gasteiger partial charge in [-0.25, -0.2) is 0 Å². The number of rotatable bonds is 3. The summed E-state index contributed by atoms with van der Waals surface area (Å²) in [5.41, 5.74) is -0.0326. The van der Waals surface area contributed by atoms with E-state index >= 15 is 0 Å². The van der Waals surface area contributed by atoms with Crippen molar-refractivity contribution in [1.82, 2.24) is 0 Å². The van der Waals surface area contributed by atoms with Crippen LogP contribution in [0.4, 0.5) is 0 Å². The molecule has 2 aliphatic heterocycles. The molecule has 4 heteroatoms. The van der Waals surface area contributed by atoms with Gasteiger partial charge in [-0.2, -0.15) is 0 Å². The van der Waals surface area contributed by atoms with Crippen LogP contribution in [-0.4, -0.2) is 36.5 Å². The predicted molar refractivity (Wildman–Crippen MR) is 72.1 cm³/mol. The van der Waals surface area contributed by atoms with Gasteiger partial charge in [-0.05, 0) is 50.9 Å². The minimum atomic E-state index is -0.0326. The molecule has 4 nitrogen and oxygen atoms in total. The van der Waals surface area contributed by atoms with Crippen molar-refractivity contribution in [3.8, 4) is 0 Å². The summed E-state index contributed by atoms with van der Waals surface area (Å²) < 4.78 is 16.9. The number of esters is 1. The highest BCUT2D eigenvalue weighted by Gasteiger charge is 2.57. The van der Waals surface area contributed by atoms with Crippen LogP contribution in [0.3, 0.4) is 0 Å². The fourth-order valence-electron chi connectivity index (χ4n) is 4.28. The molecule has 0 radical (unpaired) electrons. The Bertz CT molecular complexity index is 423. The van der Waals surface area contributed by atoms with Crippen LogP contribution in [0.25, 0.3) is 0 Å². The van der Waals surface area contributed by atoms with Gasteiger partial charge in [-0.1, -0.05) is 6.92 Å². The Morgan fingerprint density at radius 1 is 1.30 bits per heavy atom. The van der Waals surface area contributed by atoms with Crippen molar-refractivity contribution in [1.29, 1.82) is 0 Å². The van der Waals surface area contributed by atoms with Gasteiger partial charge >= 0.3 is 5.97 Å². The molecule has 4 fully saturated rings. The molecule has 0 spiro atoms. The normalized spacial score (nSPS) is 52.7. The molecule has 112 valence electrons. The first kappa shape index (κ1) is 13.1. The number of ether oxygens (including phenoxy) is 3. The van der Waals surface area contributed by atoms with Gasteiger partial charge in [0.25, 0.3) is 0 Å². The fourth-order valence-corrected chi connectivity index (χ4v) is 4.28. The third-order valence-corrected chi connectivity index (χ3v) is 5.94. The van der Waals surface area contributed by atoms with Gasteiger partial charge in [0.05, 0.1) is 36.4 Å². The lowest BCUT2D eigenvalue weighted by atomic mass is 9.80. The zero-order valence-electron chi connectivity index (χ0n) is 12.3. The van der Waals surface area contributed by atoms with Gasteiger partial charge in [0.1, 0.15) is 0 Å². The number of epoxide rings is 2. The van der Waals surface area contributed by atoms with Crippen LogP contribution in [0, 0.1) is 17.8 Å². The second kappa shape index (κ2) is 4.44. The Balaban J connectivity index is 1.27. The largest absolute Gasteiger partial charge is 0.465 e. The molecule has 0 amide bonds. The minimum Gasteiger partial charge on any atom is -0.465 e. The highest BCUT2D eigenvalue weighted by Crippen LogP contribution is 2.49. The third-order valence-electron chi connectivity index (χ3n) is 5.94. The molecular formula is C16H24O4. The van der Waals surface area contributed by atoms with Crippen LogP contribution >= 0.6 is 0 Å². The van der Waals surface area contributed by atoms with Crippen LogP contribution in [-0.2, 0) is 19.0 Å². The van der Waals surface area contributed by atoms with Gasteiger partial charge in [-0.15, -0.1) is 0 Å². The molecule has 0 aromatic carbocycles. The van der Waals surface area contributed by atoms with Gasteiger partial charge in [0.2, 0.25) is 0 Å². The van der Waals surface area contributed by atoms with Crippen LogP contribution in [0.5, 0.6) is 0 Å². The molecule has 20 heavy (non-hydrogen) atoms. The van der Waals surface area contributed by atoms with Gasteiger partial charge in [0, 0.05) is 0 Å². The number of fused-ring (bicyclic) bond motifs is 2. The average Bonchev–Trinajstić information content (AvgIpc) is 3.30. The Hall–Kier alpha value is -0.610. The van der Waals surface area contributed by atoms with Gasteiger partial charge in [-0.3, -0.25) is 4.79 Å². The Kier molecular flexibility index (Phi) is 2.90. The molecule has 2 saturated carbocycles. The number of carbonyl (C=O) groups excluding carboxylic acids is 1. The lowest BCUT2D eigenvalue weighted by molar-refractivity contribution is -0.152. The third kappa shape index (κ3) is 2.17. The summed E-state index contributed by atoms with van der Waals surface area (Å²) in [4.78, 5) is 12.2. The average molecular weight is 280 g/mol. The van der Waals surface area contributed by atoms with Crippen molar-refractivity contribution in [2.45, 2.75) is 69.9 Å². The maximum Gasteiger partial charge on any atom is 0.309 e. The second-order valence-electron chi connectivity index (χ2n) is 7.36. The van der Waals surface area contributed by atoms with Crippen molar-refractivity contribution < 1.29 is 19.0 Å². The molecule has 4 rings (SSSR count). The van der Waals surface area contributed by atoms with Crippen molar-refractivity contribution in [3.05, 3.63) is 0 Å². The summed E-state index contributed by atoms with van der Waals surface area (Å²) in [5, 5.41) is 0. The van der Waals surface area contributed by atoms with E-state index in [1.165, 1.54) is 0 Å². The number of hydrogen-bond acceptors (Lipinski definition) is 4. The van der Waals surface area contributed by atoms with Gasteiger partial charge in [0.15, 0.2) is 0 Å². The zero-order valence-corrected chi connectivity index (χ0v) is 12.3. The summed E-state index contributed by atoms with van der Waals surface area (Å²) in [7, 11) is 0. The van der Waals surface area contributed by atoms with E-state index in [0.29, 0.717) is 36.8 Å². The Morgan fingerprint density at radius 3 is 2.95 bits per heavy atom. The highest BCUT2D eigenvalue weighted by atomic mass is 16.6. The SMILES string of the molecule is CC1C(COC(=O)C2CCC3OC3(C)C2)CCC2OC21. The smallest absolute Gasteiger partial charge is 0.309 e. The van der Waals surface area contributed by atoms with E-state index in [9.17, 15) is 4.79 Å². The zero-order chi connectivity index (χ0) is 13.9. The first-order valence-corrected chi connectivity index (χ1v) is 8.07. The summed E-state index contributed by atoms with van der Waals surface area (Å²) in [6.45, 7) is 4.92. The molecule has 4 aliphatic rings. The van der Waals surface area contributed by atoms with E-state index in [4.69, 9.17) is 14.2 Å². The Morgan fingerprint density at radius 2 is 2.15 bits per heavy atom. The monoisotopic (exact) mass is 280 g/mol. The lowest BCUT2D eigenvalue weighted by Gasteiger charge is -2.27. The summed E-state index contributed by atoms with van der Waals surface area (Å²) in [6.07, 6.45) is 6.36. The molecule has 0 bridgehead atoms. The second-order valence-corrected chi connectivity index (χ2v) is 7.36. The molecule has 0 aromatic rings. The standard InChI is InChI=1S/C16H24O4/c1-9-11(3-5-12-14(9)19-12)8-18-15(17)10-4-6-13-16(2,7-10)20-13/h9-14H,3-8H2,1-2H3. The van der Waals surface area contributed by atoms with Crippen LogP contribution in [0.15, 0.2) is 0 Å². The summed E-state index contributed by atoms with van der Waals surface area (Å²) in [5.74, 6) is 1.04. The Labute approximate surface area is 120 Å². The van der Waals surface area contributed by atoms with E-state index in [1.54, 1.807) is 0 Å². The van der Waals surface area contributed by atoms with Crippen LogP contribution < -0.4 is 0 Å². The number of hydrogen-bond donors (Lipinski definition) is 0. The van der Waals surface area contributed by atoms with E-state index in [2.05, 4.69) is 13.8 Å². The van der Waals surface area contributed by atoms with Crippen LogP contribution in [0.2, 0.25) is 0 Å². The highest BCUT2D eigenvalue weighted by molar-refractivity contribution is 5.73. The van der Waals surface area contributed by atoms with Gasteiger partial charge < -0.3 is 14.2 Å². The van der Waals surface area contributed by atoms with E-state index in [0.717, 1.165) is 32.1 Å². The topological polar surface area (TPSA) is 51.4 Å². The molecule has 7 unspecified atom stereocenters. The van der Waals surface area contributed by atoms with Crippen molar-refractivity contribution in [2.24, 2.45) is 17.8 Å².